The van der Waals surface area contributed by atoms with Crippen molar-refractivity contribution >= 4 is 34.7 Å². The summed E-state index contributed by atoms with van der Waals surface area (Å²) in [5.74, 6) is 0.898. The monoisotopic (exact) mass is 158 g/mol. The normalized spacial score (nSPS) is 8.71. The summed E-state index contributed by atoms with van der Waals surface area (Å²) in [6.45, 7) is 4.51. The Morgan fingerprint density at radius 2 is 1.86 bits per heavy atom. The summed E-state index contributed by atoms with van der Waals surface area (Å²) < 4.78 is 0. The van der Waals surface area contributed by atoms with Gasteiger partial charge in [-0.1, -0.05) is 0 Å². The van der Waals surface area contributed by atoms with Gasteiger partial charge in [-0.2, -0.15) is 0 Å². The van der Waals surface area contributed by atoms with Gasteiger partial charge in [-0.05, 0) is 0 Å². The van der Waals surface area contributed by atoms with Crippen molar-refractivity contribution in [1.82, 2.24) is 0 Å². The molecule has 0 nitrogen and oxygen atoms in total. The third-order valence-electron chi connectivity index (χ3n) is 0.866. The van der Waals surface area contributed by atoms with E-state index in [1.54, 1.807) is 0 Å². The van der Waals surface area contributed by atoms with E-state index in [1.165, 1.54) is 11.5 Å². The molecule has 0 spiro atoms. The van der Waals surface area contributed by atoms with Gasteiger partial charge in [0.1, 0.15) is 0 Å². The van der Waals surface area contributed by atoms with Gasteiger partial charge < -0.3 is 0 Å². The Morgan fingerprint density at radius 3 is 1.86 bits per heavy atom. The van der Waals surface area contributed by atoms with E-state index in [9.17, 15) is 0 Å². The van der Waals surface area contributed by atoms with Crippen LogP contribution in [0.5, 0.6) is 0 Å². The molecule has 0 unspecified atom stereocenters. The molecule has 0 amide bonds. The molecule has 0 rings (SSSR count). The van der Waals surface area contributed by atoms with Gasteiger partial charge in [0, 0.05) is 0 Å². The standard InChI is InChI=1S/C5H11.BrH.Li/c1-4-5(2)3;;/h5H,1,4H2,2-3H3;1H;. The third kappa shape index (κ3) is 11.0. The molecule has 0 radical (unpaired) electrons. The quantitative estimate of drug-likeness (QED) is 0.541. The zero-order valence-electron chi connectivity index (χ0n) is 5.40. The van der Waals surface area contributed by atoms with Gasteiger partial charge in [0.15, 0.2) is 0 Å². The van der Waals surface area contributed by atoms with Gasteiger partial charge in [-0.3, -0.25) is 0 Å². The maximum absolute atomic E-state index is 2.25. The first-order valence-electron chi connectivity index (χ1n) is 2.77. The van der Waals surface area contributed by atoms with Crippen LogP contribution in [-0.2, 0) is 0 Å². The molecule has 0 saturated carbocycles. The molecule has 2 heteroatoms. The van der Waals surface area contributed by atoms with Crippen LogP contribution >= 0.6 is 17.0 Å². The van der Waals surface area contributed by atoms with Crippen LogP contribution in [0, 0.1) is 5.92 Å². The maximum atomic E-state index is 2.25. The molecule has 0 saturated heterocycles. The Hall–Kier alpha value is 1.08. The van der Waals surface area contributed by atoms with Crippen molar-refractivity contribution in [1.29, 1.82) is 0 Å². The second kappa shape index (κ2) is 7.08. The Labute approximate surface area is 66.0 Å². The fourth-order valence-electron chi connectivity index (χ4n) is 0.577. The van der Waals surface area contributed by atoms with Gasteiger partial charge in [-0.25, -0.2) is 0 Å². The summed E-state index contributed by atoms with van der Waals surface area (Å²) in [5.41, 5.74) is 0. The summed E-state index contributed by atoms with van der Waals surface area (Å²) in [7, 11) is 0. The van der Waals surface area contributed by atoms with E-state index in [0.717, 1.165) is 5.92 Å². The van der Waals surface area contributed by atoms with Crippen molar-refractivity contribution in [2.45, 2.75) is 25.4 Å². The minimum atomic E-state index is 0. The first-order valence-corrected chi connectivity index (χ1v) is 2.77. The predicted molar refractivity (Wildman–Crippen MR) is 40.3 cm³/mol. The van der Waals surface area contributed by atoms with Crippen LogP contribution in [-0.4, -0.2) is 17.7 Å². The van der Waals surface area contributed by atoms with Crippen molar-refractivity contribution in [3.63, 3.8) is 0 Å². The molecule has 40 valence electrons. The van der Waals surface area contributed by atoms with E-state index in [2.05, 4.69) is 31.6 Å². The van der Waals surface area contributed by atoms with Crippen molar-refractivity contribution in [3.8, 4) is 0 Å². The van der Waals surface area contributed by atoms with Gasteiger partial charge in [0.2, 0.25) is 0 Å². The molecule has 0 aliphatic rings. The van der Waals surface area contributed by atoms with E-state index >= 15 is 0 Å². The third-order valence-corrected chi connectivity index (χ3v) is 0.866. The van der Waals surface area contributed by atoms with E-state index in [0.29, 0.717) is 0 Å². The number of rotatable bonds is 2. The van der Waals surface area contributed by atoms with Crippen LogP contribution in [0.1, 0.15) is 20.3 Å². The van der Waals surface area contributed by atoms with E-state index in [-0.39, 0.29) is 17.0 Å². The SMILES string of the molecule is Br.[Li][CH2]CC(C)C. The van der Waals surface area contributed by atoms with Crippen LogP contribution in [0.25, 0.3) is 0 Å². The minimum absolute atomic E-state index is 0. The van der Waals surface area contributed by atoms with E-state index in [1.807, 2.05) is 0 Å². The van der Waals surface area contributed by atoms with Crippen LogP contribution in [0.2, 0.25) is 5.09 Å². The molecule has 0 aromatic carbocycles. The first-order chi connectivity index (χ1) is 2.77. The zero-order chi connectivity index (χ0) is 4.99. The molecule has 0 bridgehead atoms. The molecule has 0 aromatic heterocycles. The van der Waals surface area contributed by atoms with Crippen molar-refractivity contribution in [3.05, 3.63) is 0 Å². The molecular formula is C5H12BrLi. The average Bonchev–Trinajstić information content (AvgIpc) is 1.35. The second-order valence-corrected chi connectivity index (χ2v) is 2.18. The summed E-state index contributed by atoms with van der Waals surface area (Å²) in [4.78, 5) is 0. The van der Waals surface area contributed by atoms with Gasteiger partial charge in [0.05, 0.1) is 0 Å². The molecule has 0 aliphatic carbocycles. The van der Waals surface area contributed by atoms with Crippen LogP contribution in [0.15, 0.2) is 0 Å². The molecule has 0 atom stereocenters. The molecule has 7 heavy (non-hydrogen) atoms. The molecule has 0 aromatic rings. The summed E-state index contributed by atoms with van der Waals surface area (Å²) in [6, 6.07) is 0. The Kier molecular flexibility index (Phi) is 11.1. The molecule has 0 N–H and O–H groups in total. The van der Waals surface area contributed by atoms with Crippen molar-refractivity contribution in [2.24, 2.45) is 5.92 Å². The fourth-order valence-corrected chi connectivity index (χ4v) is 0.577. The average molecular weight is 159 g/mol. The van der Waals surface area contributed by atoms with Crippen LogP contribution in [0.3, 0.4) is 0 Å². The van der Waals surface area contributed by atoms with Crippen molar-refractivity contribution < 1.29 is 0 Å². The molecule has 0 aliphatic heterocycles. The van der Waals surface area contributed by atoms with Crippen LogP contribution < -0.4 is 0 Å². The topological polar surface area (TPSA) is 0 Å². The summed E-state index contributed by atoms with van der Waals surface area (Å²) in [5, 5.41) is 1.33. The Bertz CT molecular complexity index is 29.3. The summed E-state index contributed by atoms with van der Waals surface area (Å²) >= 11 is 2.22. The summed E-state index contributed by atoms with van der Waals surface area (Å²) in [6.07, 6.45) is 1.38. The Balaban J connectivity index is 0. The Morgan fingerprint density at radius 1 is 1.43 bits per heavy atom. The van der Waals surface area contributed by atoms with E-state index < -0.39 is 0 Å². The fraction of sp³-hybridized carbons (Fsp3) is 1.00. The van der Waals surface area contributed by atoms with Gasteiger partial charge in [0.25, 0.3) is 0 Å². The van der Waals surface area contributed by atoms with E-state index in [4.69, 9.17) is 0 Å². The van der Waals surface area contributed by atoms with Gasteiger partial charge >= 0.3 is 49.0 Å². The molecule has 0 heterocycles. The first kappa shape index (κ1) is 11.0. The predicted octanol–water partition coefficient (Wildman–Crippen LogP) is 2.20. The van der Waals surface area contributed by atoms with Gasteiger partial charge in [-0.15, -0.1) is 17.0 Å². The number of hydrogen-bond acceptors (Lipinski definition) is 0. The molecule has 0 fully saturated rings. The van der Waals surface area contributed by atoms with Crippen LogP contribution in [0.4, 0.5) is 0 Å². The number of hydrogen-bond donors (Lipinski definition) is 0. The number of halogens is 1. The molecular weight excluding hydrogens is 147 g/mol. The van der Waals surface area contributed by atoms with Crippen molar-refractivity contribution in [2.75, 3.05) is 0 Å². The zero-order valence-corrected chi connectivity index (χ0v) is 7.11. The second-order valence-electron chi connectivity index (χ2n) is 2.18.